The fourth-order valence-electron chi connectivity index (χ4n) is 1.71. The van der Waals surface area contributed by atoms with Crippen LogP contribution in [0.15, 0.2) is 18.2 Å². The minimum absolute atomic E-state index is 0.0701. The number of rotatable bonds is 5. The van der Waals surface area contributed by atoms with Crippen molar-refractivity contribution in [2.24, 2.45) is 0 Å². The Morgan fingerprint density at radius 1 is 1.53 bits per heavy atom. The van der Waals surface area contributed by atoms with Gasteiger partial charge in [-0.1, -0.05) is 24.6 Å². The van der Waals surface area contributed by atoms with Gasteiger partial charge in [0.15, 0.2) is 0 Å². The number of halogens is 2. The number of aliphatic hydroxyl groups is 1. The largest absolute Gasteiger partial charge is 0.394 e. The summed E-state index contributed by atoms with van der Waals surface area (Å²) in [6.07, 6.45) is 0.949. The van der Waals surface area contributed by atoms with Crippen LogP contribution in [0.5, 0.6) is 0 Å². The molecule has 1 rings (SSSR count). The molecule has 0 amide bonds. The van der Waals surface area contributed by atoms with Crippen LogP contribution in [0.4, 0.5) is 4.39 Å². The number of hydrogen-bond acceptors (Lipinski definition) is 2. The third-order valence-electron chi connectivity index (χ3n) is 3.05. The standard InChI is InChI=1S/C13H19ClFNO/c1-4-9(2)16-13(3,8-17)10-5-6-12(15)11(14)7-10/h5-7,9,16-17H,4,8H2,1-3H3. The van der Waals surface area contributed by atoms with E-state index in [-0.39, 0.29) is 17.7 Å². The second kappa shape index (κ2) is 5.80. The molecule has 4 heteroatoms. The van der Waals surface area contributed by atoms with Gasteiger partial charge in [0.25, 0.3) is 0 Å². The van der Waals surface area contributed by atoms with E-state index < -0.39 is 11.4 Å². The topological polar surface area (TPSA) is 32.3 Å². The third kappa shape index (κ3) is 3.41. The Hall–Kier alpha value is -0.640. The zero-order valence-electron chi connectivity index (χ0n) is 10.4. The minimum atomic E-state index is -0.604. The highest BCUT2D eigenvalue weighted by Gasteiger charge is 2.27. The van der Waals surface area contributed by atoms with Crippen LogP contribution in [0.2, 0.25) is 5.02 Å². The van der Waals surface area contributed by atoms with Crippen molar-refractivity contribution >= 4 is 11.6 Å². The molecule has 0 spiro atoms. The van der Waals surface area contributed by atoms with E-state index in [2.05, 4.69) is 12.2 Å². The zero-order valence-corrected chi connectivity index (χ0v) is 11.2. The maximum absolute atomic E-state index is 13.1. The molecule has 2 unspecified atom stereocenters. The monoisotopic (exact) mass is 259 g/mol. The van der Waals surface area contributed by atoms with Crippen LogP contribution in [0.25, 0.3) is 0 Å². The van der Waals surface area contributed by atoms with Gasteiger partial charge < -0.3 is 10.4 Å². The summed E-state index contributed by atoms with van der Waals surface area (Å²) < 4.78 is 13.1. The van der Waals surface area contributed by atoms with E-state index in [9.17, 15) is 9.50 Å². The number of aliphatic hydroxyl groups excluding tert-OH is 1. The van der Waals surface area contributed by atoms with Crippen molar-refractivity contribution < 1.29 is 9.50 Å². The van der Waals surface area contributed by atoms with E-state index in [1.165, 1.54) is 6.07 Å². The van der Waals surface area contributed by atoms with Crippen molar-refractivity contribution in [3.63, 3.8) is 0 Å². The number of benzene rings is 1. The molecule has 17 heavy (non-hydrogen) atoms. The van der Waals surface area contributed by atoms with Crippen molar-refractivity contribution in [2.75, 3.05) is 6.61 Å². The van der Waals surface area contributed by atoms with Gasteiger partial charge >= 0.3 is 0 Å². The van der Waals surface area contributed by atoms with E-state index in [4.69, 9.17) is 11.6 Å². The normalized spacial score (nSPS) is 16.6. The van der Waals surface area contributed by atoms with Crippen molar-refractivity contribution in [2.45, 2.75) is 38.8 Å². The summed E-state index contributed by atoms with van der Waals surface area (Å²) in [7, 11) is 0. The van der Waals surface area contributed by atoms with E-state index in [0.29, 0.717) is 0 Å². The van der Waals surface area contributed by atoms with Gasteiger partial charge in [0, 0.05) is 6.04 Å². The Kier molecular flexibility index (Phi) is 4.92. The maximum Gasteiger partial charge on any atom is 0.141 e. The molecule has 0 bridgehead atoms. The van der Waals surface area contributed by atoms with Gasteiger partial charge in [-0.2, -0.15) is 0 Å². The van der Waals surface area contributed by atoms with Crippen LogP contribution in [0.3, 0.4) is 0 Å². The van der Waals surface area contributed by atoms with Crippen molar-refractivity contribution in [1.82, 2.24) is 5.32 Å². The Balaban J connectivity index is 3.02. The second-order valence-corrected chi connectivity index (χ2v) is 4.98. The first-order valence-corrected chi connectivity index (χ1v) is 6.15. The third-order valence-corrected chi connectivity index (χ3v) is 3.34. The van der Waals surface area contributed by atoms with E-state index in [1.54, 1.807) is 12.1 Å². The fraction of sp³-hybridized carbons (Fsp3) is 0.538. The van der Waals surface area contributed by atoms with Gasteiger partial charge in [-0.05, 0) is 38.0 Å². The molecule has 0 aliphatic carbocycles. The van der Waals surface area contributed by atoms with Crippen LogP contribution in [-0.4, -0.2) is 17.8 Å². The molecule has 0 saturated heterocycles. The maximum atomic E-state index is 13.1. The average molecular weight is 260 g/mol. The van der Waals surface area contributed by atoms with Gasteiger partial charge in [0.2, 0.25) is 0 Å². The molecular formula is C13H19ClFNO. The Labute approximate surface area is 107 Å². The van der Waals surface area contributed by atoms with Gasteiger partial charge in [-0.25, -0.2) is 4.39 Å². The van der Waals surface area contributed by atoms with Crippen LogP contribution >= 0.6 is 11.6 Å². The Morgan fingerprint density at radius 3 is 2.65 bits per heavy atom. The summed E-state index contributed by atoms with van der Waals surface area (Å²) in [6, 6.07) is 4.79. The fourth-order valence-corrected chi connectivity index (χ4v) is 1.89. The van der Waals surface area contributed by atoms with Gasteiger partial charge in [0.05, 0.1) is 17.2 Å². The van der Waals surface area contributed by atoms with Gasteiger partial charge in [-0.15, -0.1) is 0 Å². The van der Waals surface area contributed by atoms with Crippen LogP contribution in [0, 0.1) is 5.82 Å². The van der Waals surface area contributed by atoms with E-state index in [0.717, 1.165) is 12.0 Å². The molecular weight excluding hydrogens is 241 g/mol. The van der Waals surface area contributed by atoms with Gasteiger partial charge in [-0.3, -0.25) is 0 Å². The average Bonchev–Trinajstić information content (AvgIpc) is 2.32. The highest BCUT2D eigenvalue weighted by atomic mass is 35.5. The summed E-state index contributed by atoms with van der Waals surface area (Å²) >= 11 is 5.76. The Morgan fingerprint density at radius 2 is 2.18 bits per heavy atom. The van der Waals surface area contributed by atoms with E-state index >= 15 is 0 Å². The van der Waals surface area contributed by atoms with Crippen molar-refractivity contribution in [3.05, 3.63) is 34.6 Å². The molecule has 0 aliphatic rings. The highest BCUT2D eigenvalue weighted by molar-refractivity contribution is 6.30. The molecule has 96 valence electrons. The molecule has 0 heterocycles. The molecule has 2 atom stereocenters. The summed E-state index contributed by atoms with van der Waals surface area (Å²) in [5.41, 5.74) is 0.180. The predicted molar refractivity (Wildman–Crippen MR) is 68.7 cm³/mol. The molecule has 0 aromatic heterocycles. The SMILES string of the molecule is CCC(C)NC(C)(CO)c1ccc(F)c(Cl)c1. The first-order valence-electron chi connectivity index (χ1n) is 5.77. The molecule has 0 saturated carbocycles. The molecule has 1 aromatic rings. The molecule has 2 N–H and O–H groups in total. The molecule has 0 radical (unpaired) electrons. The lowest BCUT2D eigenvalue weighted by Gasteiger charge is -2.32. The van der Waals surface area contributed by atoms with E-state index in [1.807, 2.05) is 13.8 Å². The lowest BCUT2D eigenvalue weighted by Crippen LogP contribution is -2.47. The Bertz CT molecular complexity index is 386. The lowest BCUT2D eigenvalue weighted by molar-refractivity contribution is 0.162. The quantitative estimate of drug-likeness (QED) is 0.852. The lowest BCUT2D eigenvalue weighted by atomic mass is 9.91. The zero-order chi connectivity index (χ0) is 13.1. The summed E-state index contributed by atoms with van der Waals surface area (Å²) in [4.78, 5) is 0. The minimum Gasteiger partial charge on any atom is -0.394 e. The summed E-state index contributed by atoms with van der Waals surface area (Å²) in [5, 5.41) is 12.9. The van der Waals surface area contributed by atoms with Gasteiger partial charge in [0.1, 0.15) is 5.82 Å². The number of nitrogens with one attached hydrogen (secondary N) is 1. The molecule has 1 aromatic carbocycles. The first kappa shape index (κ1) is 14.4. The summed E-state index contributed by atoms with van der Waals surface area (Å²) in [6.45, 7) is 5.91. The highest BCUT2D eigenvalue weighted by Crippen LogP contribution is 2.25. The van der Waals surface area contributed by atoms with Crippen LogP contribution in [-0.2, 0) is 5.54 Å². The van der Waals surface area contributed by atoms with Crippen LogP contribution < -0.4 is 5.32 Å². The van der Waals surface area contributed by atoms with Crippen molar-refractivity contribution in [3.8, 4) is 0 Å². The molecule has 0 aliphatic heterocycles. The smallest absolute Gasteiger partial charge is 0.141 e. The molecule has 0 fully saturated rings. The predicted octanol–water partition coefficient (Wildman–Crippen LogP) is 3.07. The van der Waals surface area contributed by atoms with Crippen molar-refractivity contribution in [1.29, 1.82) is 0 Å². The second-order valence-electron chi connectivity index (χ2n) is 4.57. The first-order chi connectivity index (χ1) is 7.92. The van der Waals surface area contributed by atoms with Crippen LogP contribution in [0.1, 0.15) is 32.8 Å². The molecule has 2 nitrogen and oxygen atoms in total. The summed E-state index contributed by atoms with van der Waals surface area (Å²) in [5.74, 6) is -0.445. The number of hydrogen-bond donors (Lipinski definition) is 2.